The highest BCUT2D eigenvalue weighted by Gasteiger charge is 2.45. The van der Waals surface area contributed by atoms with Crippen LogP contribution in [0.2, 0.25) is 5.02 Å². The van der Waals surface area contributed by atoms with E-state index in [9.17, 15) is 9.59 Å². The van der Waals surface area contributed by atoms with Crippen LogP contribution in [0.3, 0.4) is 0 Å². The number of esters is 1. The topological polar surface area (TPSA) is 55.4 Å². The van der Waals surface area contributed by atoms with Gasteiger partial charge in [-0.25, -0.2) is 4.79 Å². The molecule has 3 unspecified atom stereocenters. The Labute approximate surface area is 136 Å². The van der Waals surface area contributed by atoms with Gasteiger partial charge in [-0.1, -0.05) is 43.6 Å². The maximum atomic E-state index is 12.4. The molecule has 1 N–H and O–H groups in total. The summed E-state index contributed by atoms with van der Waals surface area (Å²) in [6, 6.07) is 7.00. The van der Waals surface area contributed by atoms with Gasteiger partial charge in [-0.3, -0.25) is 4.79 Å². The second-order valence-corrected chi connectivity index (χ2v) is 6.59. The molecule has 22 heavy (non-hydrogen) atoms. The molecule has 1 aromatic rings. The van der Waals surface area contributed by atoms with Gasteiger partial charge in [-0.05, 0) is 36.3 Å². The van der Waals surface area contributed by atoms with Crippen LogP contribution in [0.1, 0.15) is 38.2 Å². The van der Waals surface area contributed by atoms with E-state index in [1.807, 2.05) is 38.1 Å². The zero-order valence-corrected chi connectivity index (χ0v) is 13.9. The van der Waals surface area contributed by atoms with Gasteiger partial charge in [0.15, 0.2) is 0 Å². The molecule has 1 saturated carbocycles. The first-order valence-corrected chi connectivity index (χ1v) is 7.94. The lowest BCUT2D eigenvalue weighted by atomic mass is 10.0. The fraction of sp³-hybridized carbons (Fsp3) is 0.529. The third-order valence-corrected chi connectivity index (χ3v) is 4.29. The molecule has 0 radical (unpaired) electrons. The van der Waals surface area contributed by atoms with Crippen LogP contribution in [0.5, 0.6) is 0 Å². The van der Waals surface area contributed by atoms with E-state index in [1.54, 1.807) is 0 Å². The van der Waals surface area contributed by atoms with Crippen LogP contribution in [0, 0.1) is 11.8 Å². The van der Waals surface area contributed by atoms with Crippen molar-refractivity contribution in [3.05, 3.63) is 34.9 Å². The van der Waals surface area contributed by atoms with Crippen LogP contribution in [-0.2, 0) is 14.3 Å². The van der Waals surface area contributed by atoms with E-state index >= 15 is 0 Å². The minimum atomic E-state index is -0.579. The average Bonchev–Trinajstić information content (AvgIpc) is 3.26. The Balaban J connectivity index is 1.98. The van der Waals surface area contributed by atoms with Crippen LogP contribution in [0.15, 0.2) is 24.3 Å². The largest absolute Gasteiger partial charge is 0.467 e. The summed E-state index contributed by atoms with van der Waals surface area (Å²) in [5, 5.41) is 3.51. The van der Waals surface area contributed by atoms with Gasteiger partial charge in [0.2, 0.25) is 5.91 Å². The maximum Gasteiger partial charge on any atom is 0.328 e. The molecular formula is C17H22ClNO3. The summed E-state index contributed by atoms with van der Waals surface area (Å²) in [5.41, 5.74) is 1.00. The number of halogens is 1. The van der Waals surface area contributed by atoms with Crippen LogP contribution < -0.4 is 5.32 Å². The first-order chi connectivity index (χ1) is 10.4. The number of ether oxygens (including phenoxy) is 1. The highest BCUT2D eigenvalue weighted by molar-refractivity contribution is 6.31. The predicted molar refractivity (Wildman–Crippen MR) is 85.7 cm³/mol. The van der Waals surface area contributed by atoms with Crippen molar-refractivity contribution in [3.63, 3.8) is 0 Å². The van der Waals surface area contributed by atoms with Gasteiger partial charge >= 0.3 is 5.97 Å². The third kappa shape index (κ3) is 4.01. The molecule has 0 saturated heterocycles. The smallest absolute Gasteiger partial charge is 0.328 e. The zero-order valence-electron chi connectivity index (χ0n) is 13.1. The standard InChI is InChI=1S/C17H22ClNO3/c1-10(2)8-15(17(21)22-3)19-16(20)13-9-12(13)11-6-4-5-7-14(11)18/h4-7,10,12-13,15H,8-9H2,1-3H3,(H,19,20). The molecule has 0 spiro atoms. The number of benzene rings is 1. The molecule has 5 heteroatoms. The summed E-state index contributed by atoms with van der Waals surface area (Å²) < 4.78 is 4.77. The average molecular weight is 324 g/mol. The van der Waals surface area contributed by atoms with E-state index in [1.165, 1.54) is 7.11 Å². The molecular weight excluding hydrogens is 302 g/mol. The maximum absolute atomic E-state index is 12.4. The van der Waals surface area contributed by atoms with Gasteiger partial charge < -0.3 is 10.1 Å². The van der Waals surface area contributed by atoms with Crippen LogP contribution >= 0.6 is 11.6 Å². The molecule has 0 aromatic heterocycles. The Hall–Kier alpha value is -1.55. The Kier molecular flexibility index (Phi) is 5.46. The van der Waals surface area contributed by atoms with Crippen molar-refractivity contribution >= 4 is 23.5 Å². The molecule has 0 aliphatic heterocycles. The second kappa shape index (κ2) is 7.14. The van der Waals surface area contributed by atoms with Crippen molar-refractivity contribution in [1.29, 1.82) is 0 Å². The monoisotopic (exact) mass is 323 g/mol. The lowest BCUT2D eigenvalue weighted by Gasteiger charge is -2.18. The Bertz CT molecular complexity index is 559. The number of rotatable bonds is 6. The van der Waals surface area contributed by atoms with Crippen molar-refractivity contribution in [2.24, 2.45) is 11.8 Å². The molecule has 1 aliphatic rings. The molecule has 1 aliphatic carbocycles. The Morgan fingerprint density at radius 3 is 2.64 bits per heavy atom. The molecule has 120 valence electrons. The lowest BCUT2D eigenvalue weighted by Crippen LogP contribution is -2.43. The van der Waals surface area contributed by atoms with Gasteiger partial charge in [0, 0.05) is 10.9 Å². The SMILES string of the molecule is COC(=O)C(CC(C)C)NC(=O)C1CC1c1ccccc1Cl. The molecule has 1 fully saturated rings. The highest BCUT2D eigenvalue weighted by atomic mass is 35.5. The number of nitrogens with one attached hydrogen (secondary N) is 1. The molecule has 2 rings (SSSR count). The number of hydrogen-bond acceptors (Lipinski definition) is 3. The number of hydrogen-bond donors (Lipinski definition) is 1. The summed E-state index contributed by atoms with van der Waals surface area (Å²) in [5.74, 6) is -0.161. The van der Waals surface area contributed by atoms with Gasteiger partial charge in [0.05, 0.1) is 7.11 Å². The first-order valence-electron chi connectivity index (χ1n) is 7.56. The van der Waals surface area contributed by atoms with E-state index in [4.69, 9.17) is 16.3 Å². The van der Waals surface area contributed by atoms with E-state index < -0.39 is 12.0 Å². The number of amides is 1. The first kappa shape index (κ1) is 16.8. The molecule has 1 amide bonds. The number of carbonyl (C=O) groups excluding carboxylic acids is 2. The quantitative estimate of drug-likeness (QED) is 0.818. The van der Waals surface area contributed by atoms with Crippen molar-refractivity contribution in [2.45, 2.75) is 38.6 Å². The Morgan fingerprint density at radius 2 is 2.05 bits per heavy atom. The fourth-order valence-electron chi connectivity index (χ4n) is 2.71. The van der Waals surface area contributed by atoms with Crippen LogP contribution in [-0.4, -0.2) is 25.0 Å². The Morgan fingerprint density at radius 1 is 1.36 bits per heavy atom. The lowest BCUT2D eigenvalue weighted by molar-refractivity contribution is -0.145. The van der Waals surface area contributed by atoms with Crippen molar-refractivity contribution < 1.29 is 14.3 Å². The van der Waals surface area contributed by atoms with Crippen molar-refractivity contribution in [2.75, 3.05) is 7.11 Å². The summed E-state index contributed by atoms with van der Waals surface area (Å²) in [7, 11) is 1.34. The minimum absolute atomic E-state index is 0.0963. The second-order valence-electron chi connectivity index (χ2n) is 6.18. The molecule has 0 heterocycles. The molecule has 0 bridgehead atoms. The van der Waals surface area contributed by atoms with Gasteiger partial charge in [0.1, 0.15) is 6.04 Å². The fourth-order valence-corrected chi connectivity index (χ4v) is 2.99. The van der Waals surface area contributed by atoms with Crippen LogP contribution in [0.4, 0.5) is 0 Å². The summed E-state index contributed by atoms with van der Waals surface area (Å²) in [4.78, 5) is 24.1. The van der Waals surface area contributed by atoms with E-state index in [-0.39, 0.29) is 17.7 Å². The van der Waals surface area contributed by atoms with Gasteiger partial charge in [0.25, 0.3) is 0 Å². The minimum Gasteiger partial charge on any atom is -0.467 e. The van der Waals surface area contributed by atoms with E-state index in [0.29, 0.717) is 17.4 Å². The number of methoxy groups -OCH3 is 1. The predicted octanol–water partition coefficient (Wildman–Crippen LogP) is 3.15. The molecule has 4 nitrogen and oxygen atoms in total. The summed E-state index contributed by atoms with van der Waals surface area (Å²) >= 11 is 6.17. The van der Waals surface area contributed by atoms with E-state index in [2.05, 4.69) is 5.32 Å². The van der Waals surface area contributed by atoms with Gasteiger partial charge in [-0.15, -0.1) is 0 Å². The van der Waals surface area contributed by atoms with Crippen molar-refractivity contribution in [1.82, 2.24) is 5.32 Å². The molecule has 1 aromatic carbocycles. The normalized spacial score (nSPS) is 21.3. The zero-order chi connectivity index (χ0) is 16.3. The van der Waals surface area contributed by atoms with Crippen LogP contribution in [0.25, 0.3) is 0 Å². The number of carbonyl (C=O) groups is 2. The highest BCUT2D eigenvalue weighted by Crippen LogP contribution is 2.49. The van der Waals surface area contributed by atoms with Gasteiger partial charge in [-0.2, -0.15) is 0 Å². The van der Waals surface area contributed by atoms with E-state index in [0.717, 1.165) is 12.0 Å². The summed E-state index contributed by atoms with van der Waals surface area (Å²) in [6.07, 6.45) is 1.34. The molecule has 3 atom stereocenters. The van der Waals surface area contributed by atoms with Crippen molar-refractivity contribution in [3.8, 4) is 0 Å². The summed E-state index contributed by atoms with van der Waals surface area (Å²) in [6.45, 7) is 4.01. The third-order valence-electron chi connectivity index (χ3n) is 3.94.